The van der Waals surface area contributed by atoms with Crippen LogP contribution >= 0.6 is 11.6 Å². The van der Waals surface area contributed by atoms with Gasteiger partial charge in [0.05, 0.1) is 24.8 Å². The second kappa shape index (κ2) is 7.94. The largest absolute Gasteiger partial charge is 0.373 e. The van der Waals surface area contributed by atoms with Crippen molar-refractivity contribution in [2.24, 2.45) is 10.7 Å². The number of guanidine groups is 1. The number of halogens is 1. The van der Waals surface area contributed by atoms with Gasteiger partial charge >= 0.3 is 0 Å². The van der Waals surface area contributed by atoms with Crippen LogP contribution in [0.2, 0.25) is 5.02 Å². The molecule has 1 atom stereocenters. The lowest BCUT2D eigenvalue weighted by molar-refractivity contribution is -0.0967. The average Bonchev–Trinajstić information content (AvgIpc) is 2.46. The summed E-state index contributed by atoms with van der Waals surface area (Å²) in [6.45, 7) is 13.5. The molecule has 1 aromatic rings. The number of ether oxygens (including phenoxy) is 1. The van der Waals surface area contributed by atoms with Gasteiger partial charge in [-0.05, 0) is 52.3 Å². The van der Waals surface area contributed by atoms with Crippen molar-refractivity contribution in [3.8, 4) is 0 Å². The number of benzene rings is 1. The van der Waals surface area contributed by atoms with Gasteiger partial charge in [-0.2, -0.15) is 0 Å². The zero-order valence-electron chi connectivity index (χ0n) is 16.0. The molecule has 1 aliphatic heterocycles. The van der Waals surface area contributed by atoms with Crippen LogP contribution in [0.5, 0.6) is 0 Å². The van der Waals surface area contributed by atoms with Crippen LogP contribution in [0.1, 0.15) is 46.2 Å². The van der Waals surface area contributed by atoms with Crippen LogP contribution in [-0.2, 0) is 4.74 Å². The van der Waals surface area contributed by atoms with E-state index in [0.29, 0.717) is 12.5 Å². The van der Waals surface area contributed by atoms with E-state index >= 15 is 0 Å². The molecule has 0 aliphatic carbocycles. The number of rotatable bonds is 4. The minimum atomic E-state index is -0.165. The number of nitrogens with two attached hydrogens (primary N) is 1. The fourth-order valence-corrected chi connectivity index (χ4v) is 3.17. The van der Waals surface area contributed by atoms with Crippen molar-refractivity contribution in [1.29, 1.82) is 0 Å². The van der Waals surface area contributed by atoms with Crippen molar-refractivity contribution in [2.75, 3.05) is 26.2 Å². The number of hydrogen-bond acceptors (Lipinski definition) is 3. The molecule has 2 rings (SSSR count). The number of hydrogen-bond donors (Lipinski definition) is 2. The molecular formula is C19H31ClN4O. The second-order valence-electron chi connectivity index (χ2n) is 8.25. The van der Waals surface area contributed by atoms with Crippen molar-refractivity contribution in [3.05, 3.63) is 34.9 Å². The first kappa shape index (κ1) is 20.0. The summed E-state index contributed by atoms with van der Waals surface area (Å²) in [7, 11) is 0. The van der Waals surface area contributed by atoms with Crippen LogP contribution in [0, 0.1) is 0 Å². The monoisotopic (exact) mass is 366 g/mol. The Balaban J connectivity index is 2.20. The molecule has 0 saturated carbocycles. The number of nitrogens with zero attached hydrogens (tertiary/aromatic N) is 2. The highest BCUT2D eigenvalue weighted by Gasteiger charge is 2.32. The lowest BCUT2D eigenvalue weighted by Crippen LogP contribution is -2.50. The van der Waals surface area contributed by atoms with Gasteiger partial charge in [-0.25, -0.2) is 0 Å². The standard InChI is InChI=1S/C19H31ClN4O/c1-18(2,3)23-17(21)22-12-16(14-6-8-15(20)9-7-14)24-10-11-25-19(4,5)13-24/h6-9,16H,10-13H2,1-5H3,(H3,21,22,23). The minimum absolute atomic E-state index is 0.107. The van der Waals surface area contributed by atoms with E-state index in [1.807, 2.05) is 12.1 Å². The Morgan fingerprint density at radius 3 is 2.56 bits per heavy atom. The van der Waals surface area contributed by atoms with Crippen LogP contribution < -0.4 is 11.1 Å². The van der Waals surface area contributed by atoms with E-state index in [9.17, 15) is 0 Å². The van der Waals surface area contributed by atoms with Crippen molar-refractivity contribution >= 4 is 17.6 Å². The minimum Gasteiger partial charge on any atom is -0.373 e. The van der Waals surface area contributed by atoms with Crippen LogP contribution in [0.15, 0.2) is 29.3 Å². The van der Waals surface area contributed by atoms with Gasteiger partial charge in [0.2, 0.25) is 0 Å². The molecule has 1 unspecified atom stereocenters. The van der Waals surface area contributed by atoms with E-state index in [1.54, 1.807) is 0 Å². The number of nitrogens with one attached hydrogen (secondary N) is 1. The summed E-state index contributed by atoms with van der Waals surface area (Å²) in [5.74, 6) is 0.471. The molecular weight excluding hydrogens is 336 g/mol. The topological polar surface area (TPSA) is 62.9 Å². The van der Waals surface area contributed by atoms with Gasteiger partial charge in [0.1, 0.15) is 0 Å². The number of morpholine rings is 1. The predicted octanol–water partition coefficient (Wildman–Crippen LogP) is 3.19. The molecule has 140 valence electrons. The number of aliphatic imine (C=N–C) groups is 1. The smallest absolute Gasteiger partial charge is 0.189 e. The van der Waals surface area contributed by atoms with E-state index in [2.05, 4.69) is 62.0 Å². The molecule has 1 aromatic carbocycles. The Bertz CT molecular complexity index is 592. The summed E-state index contributed by atoms with van der Waals surface area (Å²) in [5, 5.41) is 3.96. The molecule has 3 N–H and O–H groups in total. The van der Waals surface area contributed by atoms with Crippen LogP contribution in [0.3, 0.4) is 0 Å². The van der Waals surface area contributed by atoms with E-state index in [1.165, 1.54) is 5.56 Å². The molecule has 0 bridgehead atoms. The maximum absolute atomic E-state index is 6.07. The maximum Gasteiger partial charge on any atom is 0.189 e. The first-order valence-corrected chi connectivity index (χ1v) is 9.15. The molecule has 0 aromatic heterocycles. The first-order chi connectivity index (χ1) is 11.6. The molecule has 1 fully saturated rings. The SMILES string of the molecule is CC(C)(C)NC(N)=NCC(c1ccc(Cl)cc1)N1CCOC(C)(C)C1. The summed E-state index contributed by atoms with van der Waals surface area (Å²) in [5.41, 5.74) is 6.99. The average molecular weight is 367 g/mol. The van der Waals surface area contributed by atoms with Gasteiger partial charge in [0, 0.05) is 23.7 Å². The summed E-state index contributed by atoms with van der Waals surface area (Å²) < 4.78 is 5.86. The van der Waals surface area contributed by atoms with Crippen molar-refractivity contribution < 1.29 is 4.74 Å². The van der Waals surface area contributed by atoms with E-state index in [4.69, 9.17) is 22.1 Å². The normalized spacial score (nSPS) is 20.3. The lowest BCUT2D eigenvalue weighted by atomic mass is 10.0. The highest BCUT2D eigenvalue weighted by atomic mass is 35.5. The molecule has 0 amide bonds. The Morgan fingerprint density at radius 2 is 2.00 bits per heavy atom. The Kier molecular flexibility index (Phi) is 6.35. The summed E-state index contributed by atoms with van der Waals surface area (Å²) in [4.78, 5) is 7.02. The maximum atomic E-state index is 6.07. The van der Waals surface area contributed by atoms with Gasteiger partial charge in [-0.3, -0.25) is 9.89 Å². The molecule has 1 heterocycles. The van der Waals surface area contributed by atoms with E-state index < -0.39 is 0 Å². The third-order valence-corrected chi connectivity index (χ3v) is 4.34. The second-order valence-corrected chi connectivity index (χ2v) is 8.68. The van der Waals surface area contributed by atoms with E-state index in [0.717, 1.165) is 24.7 Å². The van der Waals surface area contributed by atoms with Crippen LogP contribution in [0.4, 0.5) is 0 Å². The Hall–Kier alpha value is -1.30. The van der Waals surface area contributed by atoms with Crippen LogP contribution in [0.25, 0.3) is 0 Å². The molecule has 0 spiro atoms. The lowest BCUT2D eigenvalue weighted by Gasteiger charge is -2.42. The van der Waals surface area contributed by atoms with E-state index in [-0.39, 0.29) is 17.2 Å². The molecule has 5 nitrogen and oxygen atoms in total. The van der Waals surface area contributed by atoms with Gasteiger partial charge < -0.3 is 15.8 Å². The predicted molar refractivity (Wildman–Crippen MR) is 105 cm³/mol. The fourth-order valence-electron chi connectivity index (χ4n) is 3.04. The fraction of sp³-hybridized carbons (Fsp3) is 0.632. The summed E-state index contributed by atoms with van der Waals surface area (Å²) >= 11 is 6.06. The van der Waals surface area contributed by atoms with Crippen molar-refractivity contribution in [1.82, 2.24) is 10.2 Å². The molecule has 25 heavy (non-hydrogen) atoms. The first-order valence-electron chi connectivity index (χ1n) is 8.77. The van der Waals surface area contributed by atoms with Gasteiger partial charge in [0.25, 0.3) is 0 Å². The van der Waals surface area contributed by atoms with Gasteiger partial charge in [0.15, 0.2) is 5.96 Å². The van der Waals surface area contributed by atoms with Crippen molar-refractivity contribution in [3.63, 3.8) is 0 Å². The van der Waals surface area contributed by atoms with Gasteiger partial charge in [-0.15, -0.1) is 0 Å². The third-order valence-electron chi connectivity index (χ3n) is 4.09. The molecule has 0 radical (unpaired) electrons. The van der Waals surface area contributed by atoms with Crippen LogP contribution in [-0.4, -0.2) is 48.2 Å². The summed E-state index contributed by atoms with van der Waals surface area (Å²) in [6, 6.07) is 8.13. The summed E-state index contributed by atoms with van der Waals surface area (Å²) in [6.07, 6.45) is 0. The highest BCUT2D eigenvalue weighted by molar-refractivity contribution is 6.30. The van der Waals surface area contributed by atoms with Crippen molar-refractivity contribution in [2.45, 2.75) is 51.8 Å². The zero-order valence-corrected chi connectivity index (χ0v) is 16.7. The Morgan fingerprint density at radius 1 is 1.36 bits per heavy atom. The molecule has 1 saturated heterocycles. The molecule has 1 aliphatic rings. The Labute approximate surface area is 156 Å². The zero-order chi connectivity index (χ0) is 18.7. The van der Waals surface area contributed by atoms with Gasteiger partial charge in [-0.1, -0.05) is 23.7 Å². The quantitative estimate of drug-likeness (QED) is 0.634. The highest BCUT2D eigenvalue weighted by Crippen LogP contribution is 2.28. The third kappa shape index (κ3) is 6.49. The molecule has 6 heteroatoms.